The zero-order chi connectivity index (χ0) is 18.0. The first kappa shape index (κ1) is 17.6. The Bertz CT molecular complexity index is 795. The van der Waals surface area contributed by atoms with Crippen LogP contribution in [0.3, 0.4) is 0 Å². The average Bonchev–Trinajstić information content (AvgIpc) is 3.06. The third-order valence-electron chi connectivity index (χ3n) is 5.67. The molecule has 2 aromatic rings. The number of hydrogen-bond donors (Lipinski definition) is 2. The van der Waals surface area contributed by atoms with Gasteiger partial charge in [-0.25, -0.2) is 0 Å². The number of amides is 1. The number of carbonyl (C=O) groups excluding carboxylic acids is 1. The van der Waals surface area contributed by atoms with Crippen LogP contribution in [0.4, 0.5) is 0 Å². The summed E-state index contributed by atoms with van der Waals surface area (Å²) in [5.74, 6) is 1.00. The van der Waals surface area contributed by atoms with E-state index in [2.05, 4.69) is 22.1 Å². The van der Waals surface area contributed by atoms with Crippen LogP contribution in [-0.4, -0.2) is 26.1 Å². The van der Waals surface area contributed by atoms with Crippen molar-refractivity contribution in [1.82, 2.24) is 10.6 Å². The van der Waals surface area contributed by atoms with E-state index < -0.39 is 0 Å². The van der Waals surface area contributed by atoms with Crippen molar-refractivity contribution in [3.63, 3.8) is 0 Å². The molecular formula is C21H26N2O2S. The predicted molar refractivity (Wildman–Crippen MR) is 105 cm³/mol. The lowest BCUT2D eigenvalue weighted by atomic mass is 9.75. The number of aryl methyl sites for hydroxylation is 1. The largest absolute Gasteiger partial charge is 0.497 e. The van der Waals surface area contributed by atoms with Crippen LogP contribution >= 0.6 is 11.3 Å². The molecule has 26 heavy (non-hydrogen) atoms. The predicted octanol–water partition coefficient (Wildman–Crippen LogP) is 3.08. The molecule has 4 nitrogen and oxygen atoms in total. The van der Waals surface area contributed by atoms with Gasteiger partial charge in [0.15, 0.2) is 0 Å². The topological polar surface area (TPSA) is 50.4 Å². The number of fused-ring (bicyclic) bond motifs is 1. The summed E-state index contributed by atoms with van der Waals surface area (Å²) >= 11 is 1.86. The Morgan fingerprint density at radius 1 is 1.31 bits per heavy atom. The van der Waals surface area contributed by atoms with Crippen LogP contribution in [0.25, 0.3) is 0 Å². The van der Waals surface area contributed by atoms with Crippen molar-refractivity contribution in [3.8, 4) is 5.75 Å². The number of thiophene rings is 1. The smallest absolute Gasteiger partial charge is 0.229 e. The lowest BCUT2D eigenvalue weighted by Gasteiger charge is -2.41. The molecule has 1 aliphatic heterocycles. The minimum absolute atomic E-state index is 0.162. The lowest BCUT2D eigenvalue weighted by Crippen LogP contribution is -2.62. The standard InChI is InChI=1S/C21H26N2O2S/c1-25-17-6-4-5-15(9-17)10-21(13-22-14-21)20(24)23-11-16-12-26-19-8-3-2-7-18(16)19/h4-6,9,12,22H,2-3,7-8,10-11,13-14H2,1H3,(H,23,24). The van der Waals surface area contributed by atoms with Gasteiger partial charge in [0.05, 0.1) is 12.5 Å². The molecule has 1 aliphatic carbocycles. The fraction of sp³-hybridized carbons (Fsp3) is 0.476. The van der Waals surface area contributed by atoms with E-state index in [4.69, 9.17) is 4.74 Å². The fourth-order valence-corrected chi connectivity index (χ4v) is 5.19. The molecule has 1 aromatic carbocycles. The molecule has 0 atom stereocenters. The maximum atomic E-state index is 13.0. The number of carbonyl (C=O) groups is 1. The molecule has 0 spiro atoms. The molecule has 0 bridgehead atoms. The van der Waals surface area contributed by atoms with Gasteiger partial charge in [-0.2, -0.15) is 0 Å². The molecule has 0 saturated carbocycles. The van der Waals surface area contributed by atoms with Gasteiger partial charge >= 0.3 is 0 Å². The Kier molecular flexibility index (Phi) is 5.00. The highest BCUT2D eigenvalue weighted by molar-refractivity contribution is 7.10. The minimum Gasteiger partial charge on any atom is -0.497 e. The molecule has 2 aliphatic rings. The summed E-state index contributed by atoms with van der Waals surface area (Å²) in [5, 5.41) is 8.75. The Labute approximate surface area is 159 Å². The molecule has 1 fully saturated rings. The van der Waals surface area contributed by atoms with E-state index in [-0.39, 0.29) is 11.3 Å². The molecule has 1 saturated heterocycles. The van der Waals surface area contributed by atoms with Crippen molar-refractivity contribution < 1.29 is 9.53 Å². The van der Waals surface area contributed by atoms with Crippen LogP contribution in [0.5, 0.6) is 5.75 Å². The summed E-state index contributed by atoms with van der Waals surface area (Å²) in [7, 11) is 1.67. The summed E-state index contributed by atoms with van der Waals surface area (Å²) in [6.07, 6.45) is 5.69. The molecular weight excluding hydrogens is 344 g/mol. The first-order valence-electron chi connectivity index (χ1n) is 9.40. The van der Waals surface area contributed by atoms with E-state index in [9.17, 15) is 4.79 Å². The van der Waals surface area contributed by atoms with Gasteiger partial charge in [-0.1, -0.05) is 12.1 Å². The summed E-state index contributed by atoms with van der Waals surface area (Å²) < 4.78 is 5.32. The number of ether oxygens (including phenoxy) is 1. The van der Waals surface area contributed by atoms with Gasteiger partial charge in [0.1, 0.15) is 5.75 Å². The monoisotopic (exact) mass is 370 g/mol. The van der Waals surface area contributed by atoms with Crippen molar-refractivity contribution in [2.45, 2.75) is 38.6 Å². The Hall–Kier alpha value is -1.85. The number of benzene rings is 1. The summed E-state index contributed by atoms with van der Waals surface area (Å²) in [4.78, 5) is 14.5. The molecule has 0 unspecified atom stereocenters. The molecule has 2 N–H and O–H groups in total. The quantitative estimate of drug-likeness (QED) is 0.822. The number of hydrogen-bond acceptors (Lipinski definition) is 4. The van der Waals surface area contributed by atoms with E-state index in [1.807, 2.05) is 29.5 Å². The summed E-state index contributed by atoms with van der Waals surface area (Å²) in [6.45, 7) is 2.13. The number of methoxy groups -OCH3 is 1. The lowest BCUT2D eigenvalue weighted by molar-refractivity contribution is -0.134. The fourth-order valence-electron chi connectivity index (χ4n) is 4.04. The van der Waals surface area contributed by atoms with Gasteiger partial charge < -0.3 is 15.4 Å². The highest BCUT2D eigenvalue weighted by atomic mass is 32.1. The minimum atomic E-state index is -0.345. The van der Waals surface area contributed by atoms with Gasteiger partial charge in [0.2, 0.25) is 5.91 Å². The van der Waals surface area contributed by atoms with E-state index in [0.29, 0.717) is 6.54 Å². The highest BCUT2D eigenvalue weighted by Crippen LogP contribution is 2.32. The van der Waals surface area contributed by atoms with E-state index >= 15 is 0 Å². The molecule has 1 aromatic heterocycles. The number of nitrogens with one attached hydrogen (secondary N) is 2. The van der Waals surface area contributed by atoms with E-state index in [0.717, 1.165) is 30.8 Å². The average molecular weight is 371 g/mol. The summed E-state index contributed by atoms with van der Waals surface area (Å²) in [5.41, 5.74) is 3.62. The normalized spacial score (nSPS) is 17.9. The van der Waals surface area contributed by atoms with E-state index in [1.54, 1.807) is 7.11 Å². The van der Waals surface area contributed by atoms with Gasteiger partial charge in [0.25, 0.3) is 0 Å². The third kappa shape index (κ3) is 3.38. The van der Waals surface area contributed by atoms with E-state index in [1.165, 1.54) is 41.7 Å². The Morgan fingerprint density at radius 2 is 2.15 bits per heavy atom. The maximum Gasteiger partial charge on any atom is 0.229 e. The van der Waals surface area contributed by atoms with Crippen LogP contribution in [0, 0.1) is 5.41 Å². The zero-order valence-corrected chi connectivity index (χ0v) is 16.1. The second-order valence-electron chi connectivity index (χ2n) is 7.46. The maximum absolute atomic E-state index is 13.0. The van der Waals surface area contributed by atoms with Crippen LogP contribution in [0.2, 0.25) is 0 Å². The Morgan fingerprint density at radius 3 is 2.92 bits per heavy atom. The third-order valence-corrected chi connectivity index (χ3v) is 6.81. The summed E-state index contributed by atoms with van der Waals surface area (Å²) in [6, 6.07) is 8.03. The molecule has 4 rings (SSSR count). The second kappa shape index (κ2) is 7.41. The van der Waals surface area contributed by atoms with Crippen molar-refractivity contribution in [3.05, 3.63) is 51.2 Å². The van der Waals surface area contributed by atoms with Crippen LogP contribution in [0.1, 0.15) is 34.4 Å². The molecule has 1 amide bonds. The SMILES string of the molecule is COc1cccc(CC2(C(=O)NCc3csc4c3CCCC4)CNC2)c1. The zero-order valence-electron chi connectivity index (χ0n) is 15.3. The van der Waals surface area contributed by atoms with Gasteiger partial charge in [-0.3, -0.25) is 4.79 Å². The van der Waals surface area contributed by atoms with Crippen molar-refractivity contribution in [2.75, 3.05) is 20.2 Å². The second-order valence-corrected chi connectivity index (χ2v) is 8.43. The molecule has 2 heterocycles. The van der Waals surface area contributed by atoms with Crippen LogP contribution in [0.15, 0.2) is 29.6 Å². The molecule has 138 valence electrons. The van der Waals surface area contributed by atoms with Crippen LogP contribution in [-0.2, 0) is 30.6 Å². The molecule has 5 heteroatoms. The van der Waals surface area contributed by atoms with Crippen molar-refractivity contribution in [2.24, 2.45) is 5.41 Å². The molecule has 0 radical (unpaired) electrons. The van der Waals surface area contributed by atoms with Gasteiger partial charge in [0, 0.05) is 24.5 Å². The van der Waals surface area contributed by atoms with Gasteiger partial charge in [-0.05, 0) is 66.3 Å². The number of rotatable bonds is 6. The first-order valence-corrected chi connectivity index (χ1v) is 10.3. The Balaban J connectivity index is 1.43. The highest BCUT2D eigenvalue weighted by Gasteiger charge is 2.44. The van der Waals surface area contributed by atoms with Crippen LogP contribution < -0.4 is 15.4 Å². The van der Waals surface area contributed by atoms with Crippen molar-refractivity contribution in [1.29, 1.82) is 0 Å². The van der Waals surface area contributed by atoms with Gasteiger partial charge in [-0.15, -0.1) is 11.3 Å². The van der Waals surface area contributed by atoms with Crippen molar-refractivity contribution >= 4 is 17.2 Å². The first-order chi connectivity index (χ1) is 12.7.